The molecule has 0 rings (SSSR count). The molecule has 9 heteroatoms. The fraction of sp³-hybridized carbons (Fsp3) is 0.772. The van der Waals surface area contributed by atoms with Crippen molar-refractivity contribution in [3.63, 3.8) is 0 Å². The molecule has 0 spiro atoms. The minimum atomic E-state index is -1.51. The zero-order valence-electron chi connectivity index (χ0n) is 43.3. The molecule has 0 amide bonds. The average molecular weight is 929 g/mol. The Bertz CT molecular complexity index is 1270. The van der Waals surface area contributed by atoms with E-state index in [-0.39, 0.29) is 32.2 Å². The maximum absolute atomic E-state index is 12.8. The average Bonchev–Trinajstić information content (AvgIpc) is 3.28. The number of hydrogen-bond acceptors (Lipinski definition) is 7. The summed E-state index contributed by atoms with van der Waals surface area (Å²) in [5.41, 5.74) is 0. The van der Waals surface area contributed by atoms with Crippen LogP contribution < -0.4 is 0 Å². The van der Waals surface area contributed by atoms with E-state index in [1.165, 1.54) is 122 Å². The Balaban J connectivity index is 4.31. The Labute approximate surface area is 405 Å². The monoisotopic (exact) mass is 929 g/mol. The van der Waals surface area contributed by atoms with Crippen molar-refractivity contribution < 1.29 is 42.9 Å². The number of carboxylic acid groups (broad SMARTS) is 1. The van der Waals surface area contributed by atoms with Crippen LogP contribution in [0.15, 0.2) is 60.8 Å². The first kappa shape index (κ1) is 63.0. The van der Waals surface area contributed by atoms with Gasteiger partial charge >= 0.3 is 17.9 Å². The van der Waals surface area contributed by atoms with E-state index in [0.29, 0.717) is 23.9 Å². The van der Waals surface area contributed by atoms with E-state index < -0.39 is 24.3 Å². The first-order valence-electron chi connectivity index (χ1n) is 27.0. The SMILES string of the molecule is CC/C=C\C/C=C\C/C=C\C/C=C\CCCCCCCCCCCCC(=O)OC(COC(=O)CCCCCCCCC/C=C\CCCCCCCCC)COC(OCC[N+](C)(C)C)C(=O)O. The molecular weight excluding hydrogens is 827 g/mol. The van der Waals surface area contributed by atoms with Gasteiger partial charge < -0.3 is 28.5 Å². The van der Waals surface area contributed by atoms with Crippen molar-refractivity contribution in [2.24, 2.45) is 0 Å². The third-order valence-corrected chi connectivity index (χ3v) is 11.5. The maximum atomic E-state index is 12.8. The predicted molar refractivity (Wildman–Crippen MR) is 276 cm³/mol. The lowest BCUT2D eigenvalue weighted by Gasteiger charge is -2.25. The van der Waals surface area contributed by atoms with E-state index >= 15 is 0 Å². The lowest BCUT2D eigenvalue weighted by Crippen LogP contribution is -2.40. The zero-order valence-corrected chi connectivity index (χ0v) is 43.3. The largest absolute Gasteiger partial charge is 0.477 e. The van der Waals surface area contributed by atoms with Crippen LogP contribution in [0.4, 0.5) is 0 Å². The molecule has 0 radical (unpaired) electrons. The number of carbonyl (C=O) groups is 3. The Morgan fingerprint density at radius 3 is 1.30 bits per heavy atom. The van der Waals surface area contributed by atoms with Crippen LogP contribution in [-0.2, 0) is 33.3 Å². The first-order valence-corrected chi connectivity index (χ1v) is 27.0. The number of ether oxygens (including phenoxy) is 4. The fourth-order valence-electron chi connectivity index (χ4n) is 7.35. The second-order valence-corrected chi connectivity index (χ2v) is 19.2. The van der Waals surface area contributed by atoms with Crippen molar-refractivity contribution >= 4 is 17.9 Å². The van der Waals surface area contributed by atoms with E-state index in [1.54, 1.807) is 0 Å². The Morgan fingerprint density at radius 1 is 0.470 bits per heavy atom. The molecule has 0 heterocycles. The number of allylic oxidation sites excluding steroid dienone is 10. The van der Waals surface area contributed by atoms with Gasteiger partial charge in [0.2, 0.25) is 0 Å². The number of aliphatic carboxylic acids is 1. The first-order chi connectivity index (χ1) is 32.1. The molecule has 0 fully saturated rings. The van der Waals surface area contributed by atoms with Crippen LogP contribution in [0.25, 0.3) is 0 Å². The molecule has 382 valence electrons. The lowest BCUT2D eigenvalue weighted by atomic mass is 10.0. The third-order valence-electron chi connectivity index (χ3n) is 11.5. The summed E-state index contributed by atoms with van der Waals surface area (Å²) in [4.78, 5) is 37.3. The van der Waals surface area contributed by atoms with Gasteiger partial charge in [-0.05, 0) is 77.0 Å². The number of esters is 2. The van der Waals surface area contributed by atoms with Gasteiger partial charge in [0.05, 0.1) is 34.4 Å². The summed E-state index contributed by atoms with van der Waals surface area (Å²) in [6.45, 7) is 4.76. The highest BCUT2D eigenvalue weighted by Crippen LogP contribution is 2.15. The maximum Gasteiger partial charge on any atom is 0.361 e. The smallest absolute Gasteiger partial charge is 0.361 e. The topological polar surface area (TPSA) is 108 Å². The third kappa shape index (κ3) is 48.9. The van der Waals surface area contributed by atoms with Gasteiger partial charge in [0, 0.05) is 12.8 Å². The fourth-order valence-corrected chi connectivity index (χ4v) is 7.35. The zero-order chi connectivity index (χ0) is 48.4. The molecule has 0 bridgehead atoms. The molecule has 0 saturated heterocycles. The van der Waals surface area contributed by atoms with Gasteiger partial charge in [0.15, 0.2) is 6.10 Å². The molecule has 0 aliphatic carbocycles. The summed E-state index contributed by atoms with van der Waals surface area (Å²) in [6.07, 6.45) is 57.1. The number of hydrogen-bond donors (Lipinski definition) is 1. The Morgan fingerprint density at radius 2 is 0.864 bits per heavy atom. The summed E-state index contributed by atoms with van der Waals surface area (Å²) in [6, 6.07) is 0. The number of carbonyl (C=O) groups excluding carboxylic acids is 2. The standard InChI is InChI=1S/C57H101NO8/c1-6-8-10-12-14-16-18-20-22-24-26-27-28-29-30-32-34-36-38-40-42-44-46-48-55(60)66-53(52-65-57(56(61)62)63-50-49-58(3,4)5)51-64-54(59)47-45-43-41-39-37-35-33-31-25-23-21-19-17-15-13-11-9-7-2/h8,10,14,16,20,22-23,25-27,53,57H,6-7,9,11-13,15,17-19,21,24,28-52H2,1-5H3/p+1/b10-8-,16-14-,22-20-,25-23-,27-26-. The van der Waals surface area contributed by atoms with E-state index in [4.69, 9.17) is 18.9 Å². The molecular formula is C57H102NO8+. The van der Waals surface area contributed by atoms with Crippen LogP contribution in [0, 0.1) is 0 Å². The highest BCUT2D eigenvalue weighted by molar-refractivity contribution is 5.71. The number of carboxylic acids is 1. The number of likely N-dealkylation sites (N-methyl/N-ethyl adjacent to an activating group) is 1. The molecule has 1 N–H and O–H groups in total. The van der Waals surface area contributed by atoms with Crippen LogP contribution >= 0.6 is 0 Å². The lowest BCUT2D eigenvalue weighted by molar-refractivity contribution is -0.870. The molecule has 0 aromatic carbocycles. The summed E-state index contributed by atoms with van der Waals surface area (Å²) >= 11 is 0. The van der Waals surface area contributed by atoms with Gasteiger partial charge in [0.25, 0.3) is 6.29 Å². The molecule has 9 nitrogen and oxygen atoms in total. The molecule has 2 atom stereocenters. The highest BCUT2D eigenvalue weighted by Gasteiger charge is 2.25. The van der Waals surface area contributed by atoms with Crippen LogP contribution in [0.1, 0.15) is 226 Å². The molecule has 0 aromatic rings. The summed E-state index contributed by atoms with van der Waals surface area (Å²) < 4.78 is 22.8. The van der Waals surface area contributed by atoms with E-state index in [1.807, 2.05) is 21.1 Å². The van der Waals surface area contributed by atoms with Crippen LogP contribution in [0.3, 0.4) is 0 Å². The molecule has 0 aromatic heterocycles. The van der Waals surface area contributed by atoms with Crippen molar-refractivity contribution in [3.8, 4) is 0 Å². The van der Waals surface area contributed by atoms with Crippen molar-refractivity contribution in [2.45, 2.75) is 238 Å². The number of quaternary nitrogens is 1. The second-order valence-electron chi connectivity index (χ2n) is 19.2. The quantitative estimate of drug-likeness (QED) is 0.0211. The predicted octanol–water partition coefficient (Wildman–Crippen LogP) is 15.3. The summed E-state index contributed by atoms with van der Waals surface area (Å²) in [5, 5.41) is 9.68. The van der Waals surface area contributed by atoms with Crippen LogP contribution in [0.2, 0.25) is 0 Å². The minimum Gasteiger partial charge on any atom is -0.477 e. The van der Waals surface area contributed by atoms with Crippen LogP contribution in [0.5, 0.6) is 0 Å². The molecule has 0 aliphatic rings. The minimum absolute atomic E-state index is 0.184. The van der Waals surface area contributed by atoms with Gasteiger partial charge in [-0.2, -0.15) is 0 Å². The van der Waals surface area contributed by atoms with E-state index in [9.17, 15) is 19.5 Å². The second kappa shape index (κ2) is 48.4. The van der Waals surface area contributed by atoms with Gasteiger partial charge in [-0.1, -0.05) is 197 Å². The highest BCUT2D eigenvalue weighted by atomic mass is 16.7. The van der Waals surface area contributed by atoms with Crippen molar-refractivity contribution in [1.29, 1.82) is 0 Å². The van der Waals surface area contributed by atoms with Crippen molar-refractivity contribution in [3.05, 3.63) is 60.8 Å². The Kier molecular flexibility index (Phi) is 46.2. The van der Waals surface area contributed by atoms with Gasteiger partial charge in [-0.25, -0.2) is 4.79 Å². The molecule has 2 unspecified atom stereocenters. The van der Waals surface area contributed by atoms with E-state index in [0.717, 1.165) is 70.6 Å². The van der Waals surface area contributed by atoms with E-state index in [2.05, 4.69) is 74.6 Å². The number of unbranched alkanes of at least 4 members (excludes halogenated alkanes) is 24. The summed E-state index contributed by atoms with van der Waals surface area (Å²) in [7, 11) is 5.96. The van der Waals surface area contributed by atoms with Crippen LogP contribution in [-0.4, -0.2) is 87.4 Å². The van der Waals surface area contributed by atoms with Gasteiger partial charge in [0.1, 0.15) is 13.2 Å². The molecule has 66 heavy (non-hydrogen) atoms. The van der Waals surface area contributed by atoms with Gasteiger partial charge in [-0.15, -0.1) is 0 Å². The molecule has 0 aliphatic heterocycles. The summed E-state index contributed by atoms with van der Waals surface area (Å²) in [5.74, 6) is -2.01. The molecule has 0 saturated carbocycles. The van der Waals surface area contributed by atoms with Crippen molar-refractivity contribution in [1.82, 2.24) is 0 Å². The number of nitrogens with zero attached hydrogens (tertiary/aromatic N) is 1. The normalized spacial score (nSPS) is 13.3. The van der Waals surface area contributed by atoms with Gasteiger partial charge in [-0.3, -0.25) is 9.59 Å². The number of rotatable bonds is 49. The van der Waals surface area contributed by atoms with Crippen molar-refractivity contribution in [2.75, 3.05) is 47.5 Å². The Hall–Kier alpha value is -3.01.